The van der Waals surface area contributed by atoms with Crippen LogP contribution in [0.2, 0.25) is 0 Å². The first kappa shape index (κ1) is 20.6. The Morgan fingerprint density at radius 3 is 2.69 bits per heavy atom. The van der Waals surface area contributed by atoms with Crippen molar-refractivity contribution in [2.75, 3.05) is 12.4 Å². The van der Waals surface area contributed by atoms with Crippen molar-refractivity contribution in [1.29, 1.82) is 0 Å². The van der Waals surface area contributed by atoms with Gasteiger partial charge in [-0.15, -0.1) is 11.8 Å². The van der Waals surface area contributed by atoms with Gasteiger partial charge in [-0.05, 0) is 75.0 Å². The van der Waals surface area contributed by atoms with Crippen LogP contribution < -0.4 is 4.74 Å². The molecule has 2 aromatic rings. The Morgan fingerprint density at radius 2 is 1.96 bits per heavy atom. The second-order valence-corrected chi connectivity index (χ2v) is 8.33. The number of aryl methyl sites for hydroxylation is 2. The van der Waals surface area contributed by atoms with E-state index in [0.717, 1.165) is 54.0 Å². The molecule has 0 fully saturated rings. The quantitative estimate of drug-likeness (QED) is 0.413. The van der Waals surface area contributed by atoms with Crippen LogP contribution in [0.5, 0.6) is 11.5 Å². The van der Waals surface area contributed by atoms with Gasteiger partial charge in [-0.25, -0.2) is 0 Å². The molecule has 1 N–H and O–H groups in total. The first-order chi connectivity index (χ1) is 12.5. The lowest BCUT2D eigenvalue weighted by Crippen LogP contribution is -2.01. The van der Waals surface area contributed by atoms with Crippen LogP contribution in [-0.2, 0) is 6.42 Å². The van der Waals surface area contributed by atoms with Crippen molar-refractivity contribution in [2.24, 2.45) is 5.92 Å². The number of hydrogen-bond donors (Lipinski definition) is 1. The number of nitrogens with zero attached hydrogens (tertiary/aromatic N) is 1. The highest BCUT2D eigenvalue weighted by Crippen LogP contribution is 2.32. The van der Waals surface area contributed by atoms with E-state index in [1.54, 1.807) is 0 Å². The van der Waals surface area contributed by atoms with Gasteiger partial charge in [0, 0.05) is 22.3 Å². The molecule has 4 heteroatoms. The van der Waals surface area contributed by atoms with Crippen LogP contribution in [0, 0.1) is 19.8 Å². The number of phenolic OH excluding ortho intramolecular Hbond substituents is 1. The van der Waals surface area contributed by atoms with Gasteiger partial charge in [0.1, 0.15) is 11.5 Å². The van der Waals surface area contributed by atoms with Crippen molar-refractivity contribution >= 4 is 11.8 Å². The number of benzene rings is 1. The monoisotopic (exact) mass is 373 g/mol. The van der Waals surface area contributed by atoms with Gasteiger partial charge in [0.2, 0.25) is 0 Å². The topological polar surface area (TPSA) is 42.4 Å². The molecule has 0 aliphatic rings. The standard InChI is InChI=1S/C22H31NO2S/c1-16(2)7-8-19-9-10-21(18(4)22(19)24)25-13-5-6-14-26-20-11-12-23-17(3)15-20/h9-12,15-16,24H,5-8,13-14H2,1-4H3. The first-order valence-electron chi connectivity index (χ1n) is 9.47. The minimum Gasteiger partial charge on any atom is -0.507 e. The summed E-state index contributed by atoms with van der Waals surface area (Å²) in [5.74, 6) is 2.91. The lowest BCUT2D eigenvalue weighted by atomic mass is 10.00. The summed E-state index contributed by atoms with van der Waals surface area (Å²) in [5.41, 5.74) is 2.94. The second kappa shape index (κ2) is 10.5. The van der Waals surface area contributed by atoms with Gasteiger partial charge >= 0.3 is 0 Å². The van der Waals surface area contributed by atoms with Crippen molar-refractivity contribution in [3.05, 3.63) is 47.3 Å². The Hall–Kier alpha value is -1.68. The molecule has 0 atom stereocenters. The third-order valence-corrected chi connectivity index (χ3v) is 5.47. The molecule has 0 saturated heterocycles. The molecule has 0 amide bonds. The summed E-state index contributed by atoms with van der Waals surface area (Å²) in [7, 11) is 0. The number of ether oxygens (including phenoxy) is 1. The Kier molecular flexibility index (Phi) is 8.30. The highest BCUT2D eigenvalue weighted by Gasteiger charge is 2.10. The van der Waals surface area contributed by atoms with Gasteiger partial charge in [-0.1, -0.05) is 19.9 Å². The summed E-state index contributed by atoms with van der Waals surface area (Å²) in [4.78, 5) is 5.49. The molecule has 1 aromatic heterocycles. The van der Waals surface area contributed by atoms with Crippen LogP contribution in [0.3, 0.4) is 0 Å². The maximum Gasteiger partial charge on any atom is 0.125 e. The van der Waals surface area contributed by atoms with Gasteiger partial charge in [-0.2, -0.15) is 0 Å². The summed E-state index contributed by atoms with van der Waals surface area (Å²) in [6.45, 7) is 9.04. The number of thioether (sulfide) groups is 1. The molecule has 26 heavy (non-hydrogen) atoms. The van der Waals surface area contributed by atoms with E-state index >= 15 is 0 Å². The Labute approximate surface area is 162 Å². The minimum atomic E-state index is 0.395. The number of unbranched alkanes of at least 4 members (excludes halogenated alkanes) is 1. The van der Waals surface area contributed by atoms with E-state index in [1.807, 2.05) is 43.9 Å². The molecule has 0 spiro atoms. The molecule has 1 heterocycles. The van der Waals surface area contributed by atoms with Gasteiger partial charge in [0.25, 0.3) is 0 Å². The van der Waals surface area contributed by atoms with E-state index in [-0.39, 0.29) is 0 Å². The van der Waals surface area contributed by atoms with Crippen LogP contribution in [0.15, 0.2) is 35.4 Å². The van der Waals surface area contributed by atoms with Gasteiger partial charge in [-0.3, -0.25) is 4.98 Å². The smallest absolute Gasteiger partial charge is 0.125 e. The SMILES string of the molecule is Cc1cc(SCCCCOc2ccc(CCC(C)C)c(O)c2C)ccn1. The highest BCUT2D eigenvalue weighted by molar-refractivity contribution is 7.99. The lowest BCUT2D eigenvalue weighted by Gasteiger charge is -2.14. The third kappa shape index (κ3) is 6.56. The van der Waals surface area contributed by atoms with Crippen LogP contribution >= 0.6 is 11.8 Å². The number of aromatic hydroxyl groups is 1. The third-order valence-electron chi connectivity index (χ3n) is 4.39. The fourth-order valence-corrected chi connectivity index (χ4v) is 3.72. The van der Waals surface area contributed by atoms with Crippen LogP contribution in [0.1, 0.15) is 49.9 Å². The molecule has 0 aliphatic carbocycles. The lowest BCUT2D eigenvalue weighted by molar-refractivity contribution is 0.305. The molecule has 0 radical (unpaired) electrons. The Balaban J connectivity index is 1.73. The maximum atomic E-state index is 10.4. The zero-order chi connectivity index (χ0) is 18.9. The van der Waals surface area contributed by atoms with Gasteiger partial charge < -0.3 is 9.84 Å². The van der Waals surface area contributed by atoms with E-state index in [2.05, 4.69) is 31.0 Å². The zero-order valence-electron chi connectivity index (χ0n) is 16.4. The number of hydrogen-bond acceptors (Lipinski definition) is 4. The highest BCUT2D eigenvalue weighted by atomic mass is 32.2. The normalized spacial score (nSPS) is 11.1. The van der Waals surface area contributed by atoms with E-state index in [1.165, 1.54) is 4.90 Å². The second-order valence-electron chi connectivity index (χ2n) is 7.17. The van der Waals surface area contributed by atoms with Crippen LogP contribution in [0.25, 0.3) is 0 Å². The molecule has 0 saturated carbocycles. The molecule has 3 nitrogen and oxygen atoms in total. The van der Waals surface area contributed by atoms with Crippen molar-refractivity contribution in [3.8, 4) is 11.5 Å². The van der Waals surface area contributed by atoms with Crippen molar-refractivity contribution in [1.82, 2.24) is 4.98 Å². The van der Waals surface area contributed by atoms with Crippen LogP contribution in [-0.4, -0.2) is 22.5 Å². The molecular formula is C22H31NO2S. The van der Waals surface area contributed by atoms with Crippen molar-refractivity contribution < 1.29 is 9.84 Å². The molecule has 142 valence electrons. The molecule has 0 unspecified atom stereocenters. The molecule has 0 aliphatic heterocycles. The summed E-state index contributed by atoms with van der Waals surface area (Å²) in [6.07, 6.45) is 5.97. The fraction of sp³-hybridized carbons (Fsp3) is 0.500. The number of rotatable bonds is 10. The molecule has 1 aromatic carbocycles. The summed E-state index contributed by atoms with van der Waals surface area (Å²) < 4.78 is 5.89. The maximum absolute atomic E-state index is 10.4. The predicted octanol–water partition coefficient (Wildman–Crippen LogP) is 5.94. The van der Waals surface area contributed by atoms with Gasteiger partial charge in [0.15, 0.2) is 0 Å². The average molecular weight is 374 g/mol. The summed E-state index contributed by atoms with van der Waals surface area (Å²) >= 11 is 1.86. The zero-order valence-corrected chi connectivity index (χ0v) is 17.2. The number of aromatic nitrogens is 1. The first-order valence-corrected chi connectivity index (χ1v) is 10.5. The van der Waals surface area contributed by atoms with Crippen molar-refractivity contribution in [2.45, 2.75) is 58.3 Å². The van der Waals surface area contributed by atoms with Crippen molar-refractivity contribution in [3.63, 3.8) is 0 Å². The molecule has 2 rings (SSSR count). The average Bonchev–Trinajstić information content (AvgIpc) is 2.60. The van der Waals surface area contributed by atoms with Crippen LogP contribution in [0.4, 0.5) is 0 Å². The Bertz CT molecular complexity index is 701. The van der Waals surface area contributed by atoms with Gasteiger partial charge in [0.05, 0.1) is 6.61 Å². The fourth-order valence-electron chi connectivity index (χ4n) is 2.73. The van der Waals surface area contributed by atoms with E-state index in [4.69, 9.17) is 4.74 Å². The minimum absolute atomic E-state index is 0.395. The summed E-state index contributed by atoms with van der Waals surface area (Å²) in [5, 5.41) is 10.4. The summed E-state index contributed by atoms with van der Waals surface area (Å²) in [6, 6.07) is 8.18. The molecule has 0 bridgehead atoms. The predicted molar refractivity (Wildman–Crippen MR) is 110 cm³/mol. The van der Waals surface area contributed by atoms with E-state index in [0.29, 0.717) is 18.3 Å². The van der Waals surface area contributed by atoms with E-state index in [9.17, 15) is 5.11 Å². The molecular weight excluding hydrogens is 342 g/mol. The number of phenols is 1. The Morgan fingerprint density at radius 1 is 1.15 bits per heavy atom. The largest absolute Gasteiger partial charge is 0.507 e. The number of pyridine rings is 1. The van der Waals surface area contributed by atoms with E-state index < -0.39 is 0 Å².